The molecule has 0 aliphatic heterocycles. The standard InChI is InChI=1S/C28H40N4O6S2/c1-21(2)17-32(39(34,35)25-10-8-24(38-3)9-11-25)19-23(33)14-15-31(18-22-6-4-5-7-22)40(36,37)26-12-13-27-28(16-26)30-20-29-27/h8-13,16,20-23,33H,4-7,14-15,17-19H2,1-3H3,(H,29,30)/t23-/m0/s1. The maximum atomic E-state index is 13.8. The van der Waals surface area contributed by atoms with Gasteiger partial charge in [0.2, 0.25) is 20.0 Å². The molecule has 1 saturated carbocycles. The van der Waals surface area contributed by atoms with Crippen LogP contribution in [-0.2, 0) is 20.0 Å². The molecule has 220 valence electrons. The number of aliphatic hydroxyl groups is 1. The van der Waals surface area contributed by atoms with Gasteiger partial charge in [0, 0.05) is 26.2 Å². The molecule has 0 saturated heterocycles. The number of benzene rings is 2. The number of aromatic amines is 1. The highest BCUT2D eigenvalue weighted by Crippen LogP contribution is 2.29. The number of aromatic nitrogens is 2. The van der Waals surface area contributed by atoms with E-state index in [1.54, 1.807) is 30.3 Å². The summed E-state index contributed by atoms with van der Waals surface area (Å²) in [5, 5.41) is 11.0. The minimum Gasteiger partial charge on any atom is -0.497 e. The van der Waals surface area contributed by atoms with Crippen LogP contribution >= 0.6 is 0 Å². The Hall–Kier alpha value is -2.51. The van der Waals surface area contributed by atoms with Crippen molar-refractivity contribution in [1.82, 2.24) is 18.6 Å². The summed E-state index contributed by atoms with van der Waals surface area (Å²) in [5.74, 6) is 0.831. The van der Waals surface area contributed by atoms with Crippen LogP contribution < -0.4 is 4.74 Å². The Morgan fingerprint density at radius 1 is 0.975 bits per heavy atom. The van der Waals surface area contributed by atoms with Gasteiger partial charge in [0.25, 0.3) is 0 Å². The van der Waals surface area contributed by atoms with Crippen molar-refractivity contribution in [2.75, 3.05) is 33.3 Å². The Balaban J connectivity index is 1.51. The SMILES string of the molecule is COc1ccc(S(=O)(=O)N(CC(C)C)C[C@@H](O)CCN(CC2CCCC2)S(=O)(=O)c2ccc3nc[nH]c3c2)cc1. The van der Waals surface area contributed by atoms with Crippen LogP contribution in [0.5, 0.6) is 5.75 Å². The average molecular weight is 593 g/mol. The molecule has 1 aliphatic carbocycles. The van der Waals surface area contributed by atoms with Crippen molar-refractivity contribution in [3.05, 3.63) is 48.8 Å². The van der Waals surface area contributed by atoms with Crippen LogP contribution in [0.3, 0.4) is 0 Å². The highest BCUT2D eigenvalue weighted by atomic mass is 32.2. The van der Waals surface area contributed by atoms with Crippen LogP contribution in [0.15, 0.2) is 58.6 Å². The number of methoxy groups -OCH3 is 1. The van der Waals surface area contributed by atoms with E-state index in [-0.39, 0.29) is 47.7 Å². The van der Waals surface area contributed by atoms with Crippen molar-refractivity contribution in [3.8, 4) is 5.75 Å². The van der Waals surface area contributed by atoms with Crippen LogP contribution in [0.25, 0.3) is 11.0 Å². The fourth-order valence-corrected chi connectivity index (χ4v) is 8.41. The van der Waals surface area contributed by atoms with E-state index in [9.17, 15) is 21.9 Å². The molecule has 10 nitrogen and oxygen atoms in total. The molecular formula is C28H40N4O6S2. The number of aliphatic hydroxyl groups excluding tert-OH is 1. The molecule has 4 rings (SSSR count). The third kappa shape index (κ3) is 7.22. The molecule has 0 spiro atoms. The van der Waals surface area contributed by atoms with Crippen LogP contribution in [0.1, 0.15) is 46.0 Å². The Kier molecular flexibility index (Phi) is 9.89. The topological polar surface area (TPSA) is 133 Å². The van der Waals surface area contributed by atoms with E-state index in [4.69, 9.17) is 4.74 Å². The van der Waals surface area contributed by atoms with Crippen LogP contribution in [0.4, 0.5) is 0 Å². The first-order chi connectivity index (χ1) is 19.0. The molecule has 1 fully saturated rings. The van der Waals surface area contributed by atoms with Gasteiger partial charge in [-0.15, -0.1) is 0 Å². The summed E-state index contributed by atoms with van der Waals surface area (Å²) in [4.78, 5) is 7.41. The molecule has 0 amide bonds. The van der Waals surface area contributed by atoms with Crippen molar-refractivity contribution in [3.63, 3.8) is 0 Å². The molecule has 2 aromatic carbocycles. The van der Waals surface area contributed by atoms with Crippen LogP contribution in [0.2, 0.25) is 0 Å². The molecule has 0 unspecified atom stereocenters. The Bertz CT molecular complexity index is 1470. The Labute approximate surface area is 237 Å². The largest absolute Gasteiger partial charge is 0.497 e. The van der Waals surface area contributed by atoms with Gasteiger partial charge in [-0.1, -0.05) is 26.7 Å². The smallest absolute Gasteiger partial charge is 0.243 e. The third-order valence-electron chi connectivity index (χ3n) is 7.36. The molecule has 1 atom stereocenters. The molecule has 40 heavy (non-hydrogen) atoms. The van der Waals surface area contributed by atoms with E-state index < -0.39 is 26.2 Å². The number of sulfonamides is 2. The first-order valence-electron chi connectivity index (χ1n) is 13.8. The number of nitrogens with zero attached hydrogens (tertiary/aromatic N) is 3. The first kappa shape index (κ1) is 30.4. The molecule has 0 bridgehead atoms. The van der Waals surface area contributed by atoms with Crippen molar-refractivity contribution < 1.29 is 26.7 Å². The van der Waals surface area contributed by atoms with E-state index in [0.717, 1.165) is 25.7 Å². The zero-order valence-corrected chi connectivity index (χ0v) is 25.0. The normalized spacial score (nSPS) is 16.0. The lowest BCUT2D eigenvalue weighted by Gasteiger charge is -2.29. The summed E-state index contributed by atoms with van der Waals surface area (Å²) in [7, 11) is -6.22. The number of hydrogen-bond donors (Lipinski definition) is 2. The predicted octanol–water partition coefficient (Wildman–Crippen LogP) is 3.85. The number of nitrogens with one attached hydrogen (secondary N) is 1. The fraction of sp³-hybridized carbons (Fsp3) is 0.536. The number of imidazole rings is 1. The van der Waals surface area contributed by atoms with Gasteiger partial charge in [0.15, 0.2) is 0 Å². The number of H-pyrrole nitrogens is 1. The third-order valence-corrected chi connectivity index (χ3v) is 11.1. The van der Waals surface area contributed by atoms with E-state index >= 15 is 0 Å². The number of ether oxygens (including phenoxy) is 1. The molecule has 1 aliphatic rings. The van der Waals surface area contributed by atoms with Gasteiger partial charge >= 0.3 is 0 Å². The molecule has 0 radical (unpaired) electrons. The van der Waals surface area contributed by atoms with Crippen LogP contribution in [-0.4, -0.2) is 79.9 Å². The summed E-state index contributed by atoms with van der Waals surface area (Å²) in [6.07, 6.45) is 4.67. The van der Waals surface area contributed by atoms with E-state index in [2.05, 4.69) is 9.97 Å². The highest BCUT2D eigenvalue weighted by Gasteiger charge is 2.31. The quantitative estimate of drug-likeness (QED) is 0.291. The molecule has 1 heterocycles. The zero-order valence-electron chi connectivity index (χ0n) is 23.4. The molecule has 1 aromatic heterocycles. The van der Waals surface area contributed by atoms with E-state index in [1.807, 2.05) is 13.8 Å². The minimum absolute atomic E-state index is 0.0249. The summed E-state index contributed by atoms with van der Waals surface area (Å²) in [6, 6.07) is 11.0. The summed E-state index contributed by atoms with van der Waals surface area (Å²) in [5.41, 5.74) is 1.31. The van der Waals surface area contributed by atoms with Gasteiger partial charge in [-0.2, -0.15) is 8.61 Å². The lowest BCUT2D eigenvalue weighted by Crippen LogP contribution is -2.42. The average Bonchev–Trinajstić information content (AvgIpc) is 3.62. The maximum absolute atomic E-state index is 13.8. The Morgan fingerprint density at radius 2 is 1.62 bits per heavy atom. The summed E-state index contributed by atoms with van der Waals surface area (Å²) >= 11 is 0. The van der Waals surface area contributed by atoms with E-state index in [1.165, 1.54) is 34.2 Å². The maximum Gasteiger partial charge on any atom is 0.243 e. The monoisotopic (exact) mass is 592 g/mol. The second-order valence-electron chi connectivity index (χ2n) is 10.9. The first-order valence-corrected chi connectivity index (χ1v) is 16.6. The lowest BCUT2D eigenvalue weighted by atomic mass is 10.1. The zero-order chi connectivity index (χ0) is 28.9. The number of hydrogen-bond acceptors (Lipinski definition) is 7. The van der Waals surface area contributed by atoms with Crippen molar-refractivity contribution in [2.45, 2.75) is 61.8 Å². The molecular weight excluding hydrogens is 552 g/mol. The lowest BCUT2D eigenvalue weighted by molar-refractivity contribution is 0.125. The second kappa shape index (κ2) is 13.0. The van der Waals surface area contributed by atoms with Crippen LogP contribution in [0, 0.1) is 11.8 Å². The molecule has 2 N–H and O–H groups in total. The van der Waals surface area contributed by atoms with Crippen molar-refractivity contribution in [1.29, 1.82) is 0 Å². The summed E-state index contributed by atoms with van der Waals surface area (Å²) < 4.78 is 62.3. The number of rotatable bonds is 14. The fourth-order valence-electron chi connectivity index (χ4n) is 5.21. The number of fused-ring (bicyclic) bond motifs is 1. The molecule has 12 heteroatoms. The van der Waals surface area contributed by atoms with Gasteiger partial charge < -0.3 is 14.8 Å². The molecule has 3 aromatic rings. The van der Waals surface area contributed by atoms with Crippen molar-refractivity contribution in [2.24, 2.45) is 11.8 Å². The highest BCUT2D eigenvalue weighted by molar-refractivity contribution is 7.89. The van der Waals surface area contributed by atoms with Gasteiger partial charge in [0.05, 0.1) is 40.4 Å². The summed E-state index contributed by atoms with van der Waals surface area (Å²) in [6.45, 7) is 4.36. The van der Waals surface area contributed by atoms with Gasteiger partial charge in [-0.3, -0.25) is 0 Å². The van der Waals surface area contributed by atoms with Gasteiger partial charge in [-0.25, -0.2) is 21.8 Å². The Morgan fingerprint density at radius 3 is 2.27 bits per heavy atom. The predicted molar refractivity (Wildman–Crippen MR) is 154 cm³/mol. The van der Waals surface area contributed by atoms with Crippen molar-refractivity contribution >= 4 is 31.1 Å². The minimum atomic E-state index is -3.88. The second-order valence-corrected chi connectivity index (χ2v) is 14.8. The van der Waals surface area contributed by atoms with Gasteiger partial charge in [0.1, 0.15) is 5.75 Å². The van der Waals surface area contributed by atoms with Gasteiger partial charge in [-0.05, 0) is 73.6 Å². The van der Waals surface area contributed by atoms with E-state index in [0.29, 0.717) is 23.3 Å².